The average Bonchev–Trinajstić information content (AvgIpc) is 3.40. The third kappa shape index (κ3) is 3.76. The van der Waals surface area contributed by atoms with Gasteiger partial charge in [0.2, 0.25) is 0 Å². The number of amides is 1. The Bertz CT molecular complexity index is 1130. The van der Waals surface area contributed by atoms with Gasteiger partial charge in [0.05, 0.1) is 11.4 Å². The fourth-order valence-electron chi connectivity index (χ4n) is 3.53. The topological polar surface area (TPSA) is 43.1 Å². The van der Waals surface area contributed by atoms with Gasteiger partial charge in [-0.1, -0.05) is 30.3 Å². The van der Waals surface area contributed by atoms with E-state index in [9.17, 15) is 9.18 Å². The molecule has 0 unspecified atom stereocenters. The Hall–Kier alpha value is -3.67. The molecule has 6 heteroatoms. The number of hydrogen-bond acceptors (Lipinski definition) is 2. The van der Waals surface area contributed by atoms with Crippen molar-refractivity contribution in [1.82, 2.24) is 19.2 Å². The van der Waals surface area contributed by atoms with Gasteiger partial charge in [-0.05, 0) is 55.8 Å². The molecule has 4 rings (SSSR count). The van der Waals surface area contributed by atoms with Crippen LogP contribution in [0.15, 0.2) is 79.1 Å². The smallest absolute Gasteiger partial charge is 0.259 e. The summed E-state index contributed by atoms with van der Waals surface area (Å²) < 4.78 is 17.0. The molecule has 1 amide bonds. The quantitative estimate of drug-likeness (QED) is 0.466. The molecular formula is C24H23FN4O. The zero-order valence-corrected chi connectivity index (χ0v) is 17.0. The lowest BCUT2D eigenvalue weighted by molar-refractivity contribution is 0.0752. The highest BCUT2D eigenvalue weighted by Gasteiger charge is 2.27. The van der Waals surface area contributed by atoms with E-state index in [-0.39, 0.29) is 11.7 Å². The first kappa shape index (κ1) is 19.6. The molecule has 2 aromatic heterocycles. The minimum Gasteiger partial charge on any atom is -0.334 e. The van der Waals surface area contributed by atoms with Crippen LogP contribution in [-0.2, 0) is 6.54 Å². The molecule has 4 aromatic rings. The average molecular weight is 402 g/mol. The van der Waals surface area contributed by atoms with E-state index >= 15 is 0 Å². The van der Waals surface area contributed by atoms with Gasteiger partial charge in [0.1, 0.15) is 11.4 Å². The van der Waals surface area contributed by atoms with Gasteiger partial charge in [0, 0.05) is 25.5 Å². The molecule has 0 saturated heterocycles. The summed E-state index contributed by atoms with van der Waals surface area (Å²) in [5.41, 5.74) is 2.92. The summed E-state index contributed by atoms with van der Waals surface area (Å²) >= 11 is 0. The summed E-state index contributed by atoms with van der Waals surface area (Å²) in [4.78, 5) is 15.4. The van der Waals surface area contributed by atoms with Gasteiger partial charge in [-0.3, -0.25) is 4.79 Å². The second-order valence-electron chi connectivity index (χ2n) is 7.07. The van der Waals surface area contributed by atoms with Crippen LogP contribution in [0.1, 0.15) is 28.5 Å². The summed E-state index contributed by atoms with van der Waals surface area (Å²) in [6.07, 6.45) is 3.75. The molecule has 0 atom stereocenters. The van der Waals surface area contributed by atoms with Crippen molar-refractivity contribution in [2.45, 2.75) is 20.4 Å². The maximum atomic E-state index is 13.6. The lowest BCUT2D eigenvalue weighted by atomic mass is 10.1. The number of aryl methyl sites for hydroxylation is 1. The number of halogens is 1. The molecule has 0 saturated carbocycles. The van der Waals surface area contributed by atoms with Crippen LogP contribution in [0.4, 0.5) is 4.39 Å². The van der Waals surface area contributed by atoms with Gasteiger partial charge >= 0.3 is 0 Å². The number of carbonyl (C=O) groups is 1. The molecule has 0 aliphatic rings. The first-order valence-corrected chi connectivity index (χ1v) is 9.90. The standard InChI is InChI=1S/C24H23FN4O/c1-3-27(17-19-9-5-4-6-10-19)24(30)22-18(2)26-29(21-13-11-20(25)12-14-21)23(22)28-15-7-8-16-28/h4-16H,3,17H2,1-2H3. The van der Waals surface area contributed by atoms with Crippen LogP contribution in [0.5, 0.6) is 0 Å². The number of carbonyl (C=O) groups excluding carboxylic acids is 1. The van der Waals surface area contributed by atoms with Gasteiger partial charge in [-0.25, -0.2) is 9.07 Å². The molecular weight excluding hydrogens is 379 g/mol. The van der Waals surface area contributed by atoms with Crippen LogP contribution in [0.3, 0.4) is 0 Å². The van der Waals surface area contributed by atoms with Crippen LogP contribution in [0.25, 0.3) is 11.5 Å². The van der Waals surface area contributed by atoms with E-state index in [2.05, 4.69) is 5.10 Å². The van der Waals surface area contributed by atoms with Crippen molar-refractivity contribution in [3.05, 3.63) is 102 Å². The molecule has 2 aromatic carbocycles. The van der Waals surface area contributed by atoms with Crippen LogP contribution in [0, 0.1) is 12.7 Å². The Morgan fingerprint density at radius 1 is 1.00 bits per heavy atom. The zero-order valence-electron chi connectivity index (χ0n) is 17.0. The Kier molecular flexibility index (Phi) is 5.48. The highest BCUT2D eigenvalue weighted by Crippen LogP contribution is 2.25. The van der Waals surface area contributed by atoms with Crippen molar-refractivity contribution in [3.63, 3.8) is 0 Å². The normalized spacial score (nSPS) is 10.9. The SMILES string of the molecule is CCN(Cc1ccccc1)C(=O)c1c(C)nn(-c2ccc(F)cc2)c1-n1cccc1. The zero-order chi connectivity index (χ0) is 21.1. The molecule has 0 N–H and O–H groups in total. The van der Waals surface area contributed by atoms with Gasteiger partial charge in [-0.2, -0.15) is 5.10 Å². The molecule has 30 heavy (non-hydrogen) atoms. The summed E-state index contributed by atoms with van der Waals surface area (Å²) in [5.74, 6) is 0.234. The molecule has 5 nitrogen and oxygen atoms in total. The fraction of sp³-hybridized carbons (Fsp3) is 0.167. The van der Waals surface area contributed by atoms with Crippen LogP contribution >= 0.6 is 0 Å². The van der Waals surface area contributed by atoms with Crippen molar-refractivity contribution in [1.29, 1.82) is 0 Å². The van der Waals surface area contributed by atoms with E-state index < -0.39 is 0 Å². The number of rotatable bonds is 6. The molecule has 0 aliphatic carbocycles. The van der Waals surface area contributed by atoms with Crippen LogP contribution < -0.4 is 0 Å². The number of benzene rings is 2. The Labute approximate surface area is 175 Å². The highest BCUT2D eigenvalue weighted by atomic mass is 19.1. The van der Waals surface area contributed by atoms with E-state index in [0.717, 1.165) is 5.56 Å². The van der Waals surface area contributed by atoms with Crippen molar-refractivity contribution >= 4 is 5.91 Å². The van der Waals surface area contributed by atoms with Gasteiger partial charge in [0.15, 0.2) is 5.82 Å². The van der Waals surface area contributed by atoms with E-state index in [4.69, 9.17) is 0 Å². The number of hydrogen-bond donors (Lipinski definition) is 0. The van der Waals surface area contributed by atoms with Crippen molar-refractivity contribution < 1.29 is 9.18 Å². The molecule has 2 heterocycles. The molecule has 0 fully saturated rings. The number of aromatic nitrogens is 3. The molecule has 0 spiro atoms. The molecule has 0 aliphatic heterocycles. The van der Waals surface area contributed by atoms with E-state index in [0.29, 0.717) is 35.9 Å². The molecule has 0 bridgehead atoms. The maximum Gasteiger partial charge on any atom is 0.259 e. The largest absolute Gasteiger partial charge is 0.334 e. The fourth-order valence-corrected chi connectivity index (χ4v) is 3.53. The Morgan fingerprint density at radius 3 is 2.30 bits per heavy atom. The van der Waals surface area contributed by atoms with E-state index in [1.165, 1.54) is 12.1 Å². The highest BCUT2D eigenvalue weighted by molar-refractivity contribution is 5.98. The summed E-state index contributed by atoms with van der Waals surface area (Å²) in [7, 11) is 0. The van der Waals surface area contributed by atoms with Crippen molar-refractivity contribution in [2.24, 2.45) is 0 Å². The van der Waals surface area contributed by atoms with Gasteiger partial charge < -0.3 is 9.47 Å². The van der Waals surface area contributed by atoms with Crippen molar-refractivity contribution in [3.8, 4) is 11.5 Å². The third-order valence-corrected chi connectivity index (χ3v) is 5.06. The summed E-state index contributed by atoms with van der Waals surface area (Å²) in [6.45, 7) is 4.88. The third-order valence-electron chi connectivity index (χ3n) is 5.06. The summed E-state index contributed by atoms with van der Waals surface area (Å²) in [6, 6.07) is 19.8. The van der Waals surface area contributed by atoms with E-state index in [1.54, 1.807) is 21.7 Å². The van der Waals surface area contributed by atoms with Crippen molar-refractivity contribution in [2.75, 3.05) is 6.54 Å². The lowest BCUT2D eigenvalue weighted by Gasteiger charge is -2.22. The second kappa shape index (κ2) is 8.37. The van der Waals surface area contributed by atoms with E-state index in [1.807, 2.05) is 73.3 Å². The van der Waals surface area contributed by atoms with Gasteiger partial charge in [0.25, 0.3) is 5.91 Å². The predicted octanol–water partition coefficient (Wildman–Crippen LogP) is 4.77. The second-order valence-corrected chi connectivity index (χ2v) is 7.07. The minimum atomic E-state index is -0.318. The van der Waals surface area contributed by atoms with Gasteiger partial charge in [-0.15, -0.1) is 0 Å². The monoisotopic (exact) mass is 402 g/mol. The predicted molar refractivity (Wildman–Crippen MR) is 114 cm³/mol. The molecule has 152 valence electrons. The summed E-state index contributed by atoms with van der Waals surface area (Å²) in [5, 5.41) is 4.64. The molecule has 0 radical (unpaired) electrons. The number of nitrogens with zero attached hydrogens (tertiary/aromatic N) is 4. The Balaban J connectivity index is 1.80. The first-order valence-electron chi connectivity index (χ1n) is 9.90. The Morgan fingerprint density at radius 2 is 1.67 bits per heavy atom. The van der Waals surface area contributed by atoms with Crippen LogP contribution in [0.2, 0.25) is 0 Å². The lowest BCUT2D eigenvalue weighted by Crippen LogP contribution is -2.31. The maximum absolute atomic E-state index is 13.6. The minimum absolute atomic E-state index is 0.0871. The van der Waals surface area contributed by atoms with Crippen LogP contribution in [-0.4, -0.2) is 31.7 Å². The first-order chi connectivity index (χ1) is 14.6.